The zero-order chi connectivity index (χ0) is 18.5. The summed E-state index contributed by atoms with van der Waals surface area (Å²) in [5.41, 5.74) is 1.26. The van der Waals surface area contributed by atoms with Gasteiger partial charge in [-0.25, -0.2) is 9.97 Å². The topological polar surface area (TPSA) is 52.6 Å². The Morgan fingerprint density at radius 1 is 1.12 bits per heavy atom. The molecule has 2 heterocycles. The zero-order valence-corrected chi connectivity index (χ0v) is 15.8. The molecule has 1 aliphatic heterocycles. The lowest BCUT2D eigenvalue weighted by atomic mass is 10.2. The number of anilines is 2. The summed E-state index contributed by atoms with van der Waals surface area (Å²) in [5, 5.41) is 0. The average molecular weight is 353 g/mol. The van der Waals surface area contributed by atoms with Gasteiger partial charge >= 0.3 is 0 Å². The van der Waals surface area contributed by atoms with Crippen LogP contribution >= 0.6 is 0 Å². The molecule has 0 N–H and O–H groups in total. The van der Waals surface area contributed by atoms with Gasteiger partial charge in [-0.2, -0.15) is 0 Å². The van der Waals surface area contributed by atoms with Gasteiger partial charge in [-0.05, 0) is 26.3 Å². The number of carbonyl (C=O) groups excluding carboxylic acids is 1. The van der Waals surface area contributed by atoms with E-state index in [0.717, 1.165) is 56.6 Å². The van der Waals surface area contributed by atoms with Crippen LogP contribution in [0.2, 0.25) is 0 Å². The van der Waals surface area contributed by atoms with Crippen LogP contribution in [0.5, 0.6) is 0 Å². The Balaban J connectivity index is 1.84. The maximum absolute atomic E-state index is 10.9. The standard InChI is InChI=1S/C20H27N5O/c1-16(2)25(14-18-7-5-4-6-8-18)20-13-19(21-17(3)22-20)24-11-9-23(15-26)10-12-24/h4-8,13,15-16H,9-12,14H2,1-3H3. The van der Waals surface area contributed by atoms with Crippen LogP contribution in [0.3, 0.4) is 0 Å². The quantitative estimate of drug-likeness (QED) is 0.747. The molecule has 6 heteroatoms. The molecule has 1 fully saturated rings. The largest absolute Gasteiger partial charge is 0.353 e. The molecule has 0 unspecified atom stereocenters. The van der Waals surface area contributed by atoms with E-state index in [4.69, 9.17) is 4.98 Å². The number of hydrogen-bond acceptors (Lipinski definition) is 5. The predicted octanol–water partition coefficient (Wildman–Crippen LogP) is 2.48. The van der Waals surface area contributed by atoms with Gasteiger partial charge in [0.05, 0.1) is 0 Å². The molecule has 0 aliphatic carbocycles. The van der Waals surface area contributed by atoms with Crippen molar-refractivity contribution in [1.82, 2.24) is 14.9 Å². The van der Waals surface area contributed by atoms with Crippen molar-refractivity contribution >= 4 is 18.0 Å². The van der Waals surface area contributed by atoms with Gasteiger partial charge in [0.15, 0.2) is 0 Å². The summed E-state index contributed by atoms with van der Waals surface area (Å²) in [6, 6.07) is 12.9. The van der Waals surface area contributed by atoms with Gasteiger partial charge in [-0.1, -0.05) is 30.3 Å². The molecular weight excluding hydrogens is 326 g/mol. The first-order valence-electron chi connectivity index (χ1n) is 9.17. The second kappa shape index (κ2) is 8.17. The molecule has 1 aromatic carbocycles. The smallest absolute Gasteiger partial charge is 0.209 e. The third-order valence-electron chi connectivity index (χ3n) is 4.71. The number of piperazine rings is 1. The molecule has 26 heavy (non-hydrogen) atoms. The summed E-state index contributed by atoms with van der Waals surface area (Å²) in [7, 11) is 0. The third-order valence-corrected chi connectivity index (χ3v) is 4.71. The molecule has 1 saturated heterocycles. The second-order valence-corrected chi connectivity index (χ2v) is 6.97. The Kier molecular flexibility index (Phi) is 5.71. The van der Waals surface area contributed by atoms with Crippen molar-refractivity contribution in [2.24, 2.45) is 0 Å². The Labute approximate surface area is 155 Å². The summed E-state index contributed by atoms with van der Waals surface area (Å²) < 4.78 is 0. The molecular formula is C20H27N5O. The maximum Gasteiger partial charge on any atom is 0.209 e. The monoisotopic (exact) mass is 353 g/mol. The highest BCUT2D eigenvalue weighted by Gasteiger charge is 2.20. The first-order valence-corrected chi connectivity index (χ1v) is 9.17. The average Bonchev–Trinajstić information content (AvgIpc) is 2.66. The lowest BCUT2D eigenvalue weighted by molar-refractivity contribution is -0.118. The molecule has 0 saturated carbocycles. The fraction of sp³-hybridized carbons (Fsp3) is 0.450. The first-order chi connectivity index (χ1) is 12.6. The molecule has 1 aliphatic rings. The molecule has 1 aromatic heterocycles. The Hall–Kier alpha value is -2.63. The zero-order valence-electron chi connectivity index (χ0n) is 15.8. The molecule has 0 bridgehead atoms. The van der Waals surface area contributed by atoms with Gasteiger partial charge in [-0.15, -0.1) is 0 Å². The predicted molar refractivity (Wildman–Crippen MR) is 104 cm³/mol. The van der Waals surface area contributed by atoms with Crippen molar-refractivity contribution in [3.05, 3.63) is 47.8 Å². The summed E-state index contributed by atoms with van der Waals surface area (Å²) in [5.74, 6) is 2.66. The first kappa shape index (κ1) is 18.2. The molecule has 1 amide bonds. The highest BCUT2D eigenvalue weighted by Crippen LogP contribution is 2.23. The SMILES string of the molecule is Cc1nc(N2CCN(C=O)CC2)cc(N(Cc2ccccc2)C(C)C)n1. The molecule has 6 nitrogen and oxygen atoms in total. The number of hydrogen-bond donors (Lipinski definition) is 0. The van der Waals surface area contributed by atoms with Crippen molar-refractivity contribution < 1.29 is 4.79 Å². The van der Waals surface area contributed by atoms with E-state index in [0.29, 0.717) is 6.04 Å². The molecule has 3 rings (SSSR count). The number of nitrogens with zero attached hydrogens (tertiary/aromatic N) is 5. The minimum atomic E-state index is 0.323. The number of carbonyl (C=O) groups is 1. The van der Waals surface area contributed by atoms with Crippen LogP contribution < -0.4 is 9.80 Å². The minimum Gasteiger partial charge on any atom is -0.353 e. The highest BCUT2D eigenvalue weighted by molar-refractivity contribution is 5.53. The van der Waals surface area contributed by atoms with Crippen molar-refractivity contribution in [2.75, 3.05) is 36.0 Å². The van der Waals surface area contributed by atoms with Crippen molar-refractivity contribution in [3.63, 3.8) is 0 Å². The van der Waals surface area contributed by atoms with Gasteiger partial charge in [0.1, 0.15) is 17.5 Å². The van der Waals surface area contributed by atoms with Crippen LogP contribution in [0.1, 0.15) is 25.2 Å². The number of aromatic nitrogens is 2. The van der Waals surface area contributed by atoms with Crippen LogP contribution in [0.4, 0.5) is 11.6 Å². The normalized spacial score (nSPS) is 14.6. The van der Waals surface area contributed by atoms with Gasteiger partial charge in [0, 0.05) is 44.8 Å². The Morgan fingerprint density at radius 3 is 2.42 bits per heavy atom. The van der Waals surface area contributed by atoms with E-state index < -0.39 is 0 Å². The molecule has 0 spiro atoms. The van der Waals surface area contributed by atoms with E-state index in [1.165, 1.54) is 5.56 Å². The van der Waals surface area contributed by atoms with E-state index in [9.17, 15) is 4.79 Å². The van der Waals surface area contributed by atoms with E-state index in [1.54, 1.807) is 4.90 Å². The minimum absolute atomic E-state index is 0.323. The Morgan fingerprint density at radius 2 is 1.81 bits per heavy atom. The molecule has 0 atom stereocenters. The van der Waals surface area contributed by atoms with Crippen LogP contribution in [0.25, 0.3) is 0 Å². The van der Waals surface area contributed by atoms with Gasteiger partial charge in [0.2, 0.25) is 6.41 Å². The van der Waals surface area contributed by atoms with E-state index in [2.05, 4.69) is 59.0 Å². The number of aryl methyl sites for hydroxylation is 1. The van der Waals surface area contributed by atoms with Crippen molar-refractivity contribution in [3.8, 4) is 0 Å². The van der Waals surface area contributed by atoms with Crippen molar-refractivity contribution in [2.45, 2.75) is 33.4 Å². The van der Waals surface area contributed by atoms with E-state index in [1.807, 2.05) is 13.0 Å². The van der Waals surface area contributed by atoms with Crippen molar-refractivity contribution in [1.29, 1.82) is 0 Å². The van der Waals surface area contributed by atoms with Crippen LogP contribution in [0, 0.1) is 6.92 Å². The summed E-state index contributed by atoms with van der Waals surface area (Å²) in [6.45, 7) is 10.2. The third kappa shape index (κ3) is 4.31. The maximum atomic E-state index is 10.9. The number of benzene rings is 1. The Bertz CT molecular complexity index is 726. The van der Waals surface area contributed by atoms with E-state index >= 15 is 0 Å². The number of rotatable bonds is 6. The lowest BCUT2D eigenvalue weighted by Crippen LogP contribution is -2.46. The molecule has 2 aromatic rings. The van der Waals surface area contributed by atoms with E-state index in [-0.39, 0.29) is 0 Å². The van der Waals surface area contributed by atoms with Crippen LogP contribution in [0.15, 0.2) is 36.4 Å². The van der Waals surface area contributed by atoms with Gasteiger partial charge < -0.3 is 14.7 Å². The van der Waals surface area contributed by atoms with Crippen LogP contribution in [-0.2, 0) is 11.3 Å². The van der Waals surface area contributed by atoms with Crippen LogP contribution in [-0.4, -0.2) is 53.5 Å². The molecule has 0 radical (unpaired) electrons. The molecule has 138 valence electrons. The van der Waals surface area contributed by atoms with Gasteiger partial charge in [0.25, 0.3) is 0 Å². The fourth-order valence-electron chi connectivity index (χ4n) is 3.21. The fourth-order valence-corrected chi connectivity index (χ4v) is 3.21. The van der Waals surface area contributed by atoms with Gasteiger partial charge in [-0.3, -0.25) is 4.79 Å². The summed E-state index contributed by atoms with van der Waals surface area (Å²) in [4.78, 5) is 26.6. The summed E-state index contributed by atoms with van der Waals surface area (Å²) in [6.07, 6.45) is 0.925. The summed E-state index contributed by atoms with van der Waals surface area (Å²) >= 11 is 0. The lowest BCUT2D eigenvalue weighted by Gasteiger charge is -2.34. The highest BCUT2D eigenvalue weighted by atomic mass is 16.1. The number of amides is 1. The second-order valence-electron chi connectivity index (χ2n) is 6.97.